The molecule has 1 aromatic rings. The molecule has 0 spiro atoms. The smallest absolute Gasteiger partial charge is 0.0717 e. The van der Waals surface area contributed by atoms with Crippen LogP contribution in [0.1, 0.15) is 25.3 Å². The van der Waals surface area contributed by atoms with Crippen LogP contribution in [0.25, 0.3) is 0 Å². The highest BCUT2D eigenvalue weighted by atomic mass is 16.5. The fraction of sp³-hybridized carbons (Fsp3) is 0.429. The summed E-state index contributed by atoms with van der Waals surface area (Å²) < 4.78 is 5.68. The minimum Gasteiger partial charge on any atom is -0.376 e. The highest BCUT2D eigenvalue weighted by molar-refractivity contribution is 5.13. The van der Waals surface area contributed by atoms with E-state index in [-0.39, 0.29) is 0 Å². The van der Waals surface area contributed by atoms with Gasteiger partial charge < -0.3 is 4.74 Å². The monoisotopic (exact) mass is 204 g/mol. The van der Waals surface area contributed by atoms with Crippen LogP contribution in [-0.2, 0) is 11.3 Å². The van der Waals surface area contributed by atoms with Gasteiger partial charge in [0.2, 0.25) is 0 Å². The predicted molar refractivity (Wildman–Crippen MR) is 64.7 cm³/mol. The van der Waals surface area contributed by atoms with Crippen LogP contribution in [0.2, 0.25) is 0 Å². The molecule has 0 saturated heterocycles. The molecule has 0 N–H and O–H groups in total. The van der Waals surface area contributed by atoms with Crippen LogP contribution in [-0.4, -0.2) is 6.61 Å². The number of benzene rings is 1. The van der Waals surface area contributed by atoms with Crippen molar-refractivity contribution < 1.29 is 4.74 Å². The van der Waals surface area contributed by atoms with Gasteiger partial charge in [0.15, 0.2) is 0 Å². The zero-order valence-electron chi connectivity index (χ0n) is 9.49. The van der Waals surface area contributed by atoms with Gasteiger partial charge in [-0.15, -0.1) is 6.58 Å². The minimum atomic E-state index is 0.617. The van der Waals surface area contributed by atoms with Crippen LogP contribution < -0.4 is 0 Å². The van der Waals surface area contributed by atoms with Crippen molar-refractivity contribution in [1.29, 1.82) is 0 Å². The Morgan fingerprint density at radius 3 is 2.67 bits per heavy atom. The molecule has 1 nitrogen and oxygen atoms in total. The van der Waals surface area contributed by atoms with Crippen LogP contribution in [0.3, 0.4) is 0 Å². The second-order valence-electron chi connectivity index (χ2n) is 3.80. The third-order valence-corrected chi connectivity index (χ3v) is 2.54. The first-order chi connectivity index (χ1) is 7.36. The quantitative estimate of drug-likeness (QED) is 0.614. The number of ether oxygens (including phenoxy) is 1. The Hall–Kier alpha value is -1.08. The molecule has 15 heavy (non-hydrogen) atoms. The SMILES string of the molecule is C=CC[C@@H](CC)COCc1ccccc1. The molecule has 0 unspecified atom stereocenters. The van der Waals surface area contributed by atoms with E-state index in [1.165, 1.54) is 5.56 Å². The van der Waals surface area contributed by atoms with Gasteiger partial charge in [0.1, 0.15) is 0 Å². The lowest BCUT2D eigenvalue weighted by atomic mass is 10.0. The van der Waals surface area contributed by atoms with Gasteiger partial charge in [-0.25, -0.2) is 0 Å². The molecule has 0 saturated carbocycles. The molecular formula is C14H20O. The van der Waals surface area contributed by atoms with E-state index < -0.39 is 0 Å². The summed E-state index contributed by atoms with van der Waals surface area (Å²) in [5.41, 5.74) is 1.24. The molecule has 1 heteroatoms. The Labute approximate surface area is 92.8 Å². The summed E-state index contributed by atoms with van der Waals surface area (Å²) in [5.74, 6) is 0.617. The number of hydrogen-bond donors (Lipinski definition) is 0. The molecule has 0 aliphatic rings. The lowest BCUT2D eigenvalue weighted by molar-refractivity contribution is 0.0864. The van der Waals surface area contributed by atoms with E-state index in [1.807, 2.05) is 24.3 Å². The van der Waals surface area contributed by atoms with Gasteiger partial charge in [-0.1, -0.05) is 49.8 Å². The van der Waals surface area contributed by atoms with Crippen molar-refractivity contribution in [2.45, 2.75) is 26.4 Å². The Morgan fingerprint density at radius 2 is 2.07 bits per heavy atom. The average Bonchev–Trinajstić information content (AvgIpc) is 2.29. The maximum Gasteiger partial charge on any atom is 0.0717 e. The van der Waals surface area contributed by atoms with E-state index in [9.17, 15) is 0 Å². The number of allylic oxidation sites excluding steroid dienone is 1. The van der Waals surface area contributed by atoms with Crippen LogP contribution in [0, 0.1) is 5.92 Å². The summed E-state index contributed by atoms with van der Waals surface area (Å²) in [4.78, 5) is 0. The molecule has 1 aromatic carbocycles. The van der Waals surface area contributed by atoms with E-state index in [4.69, 9.17) is 4.74 Å². The van der Waals surface area contributed by atoms with Crippen molar-refractivity contribution in [3.05, 3.63) is 48.6 Å². The first-order valence-corrected chi connectivity index (χ1v) is 5.59. The third-order valence-electron chi connectivity index (χ3n) is 2.54. The summed E-state index contributed by atoms with van der Waals surface area (Å²) in [6.45, 7) is 7.50. The van der Waals surface area contributed by atoms with Crippen LogP contribution in [0.4, 0.5) is 0 Å². The van der Waals surface area contributed by atoms with Gasteiger partial charge in [0.05, 0.1) is 13.2 Å². The summed E-state index contributed by atoms with van der Waals surface area (Å²) in [5, 5.41) is 0. The highest BCUT2D eigenvalue weighted by Gasteiger charge is 2.03. The lowest BCUT2D eigenvalue weighted by Gasteiger charge is -2.12. The van der Waals surface area contributed by atoms with E-state index in [2.05, 4.69) is 25.6 Å². The van der Waals surface area contributed by atoms with Crippen LogP contribution >= 0.6 is 0 Å². The molecule has 0 aliphatic heterocycles. The van der Waals surface area contributed by atoms with Gasteiger partial charge in [-0.3, -0.25) is 0 Å². The standard InChI is InChI=1S/C14H20O/c1-3-8-13(4-2)11-15-12-14-9-6-5-7-10-14/h3,5-7,9-10,13H,1,4,8,11-12H2,2H3/t13-/m1/s1. The van der Waals surface area contributed by atoms with Gasteiger partial charge in [-0.05, 0) is 17.9 Å². The maximum absolute atomic E-state index is 5.68. The zero-order chi connectivity index (χ0) is 10.9. The molecule has 0 amide bonds. The molecule has 0 bridgehead atoms. The first-order valence-electron chi connectivity index (χ1n) is 5.59. The molecule has 82 valence electrons. The number of rotatable bonds is 7. The highest BCUT2D eigenvalue weighted by Crippen LogP contribution is 2.10. The van der Waals surface area contributed by atoms with Crippen LogP contribution in [0.5, 0.6) is 0 Å². The van der Waals surface area contributed by atoms with Crippen molar-refractivity contribution in [2.75, 3.05) is 6.61 Å². The topological polar surface area (TPSA) is 9.23 Å². The van der Waals surface area contributed by atoms with Crippen molar-refractivity contribution in [3.8, 4) is 0 Å². The maximum atomic E-state index is 5.68. The van der Waals surface area contributed by atoms with Crippen molar-refractivity contribution in [3.63, 3.8) is 0 Å². The Bertz CT molecular complexity index is 266. The lowest BCUT2D eigenvalue weighted by Crippen LogP contribution is -2.07. The minimum absolute atomic E-state index is 0.617. The largest absolute Gasteiger partial charge is 0.376 e. The normalized spacial score (nSPS) is 12.3. The summed E-state index contributed by atoms with van der Waals surface area (Å²) in [6.07, 6.45) is 4.17. The first kappa shape index (κ1) is 12.0. The number of hydrogen-bond acceptors (Lipinski definition) is 1. The summed E-state index contributed by atoms with van der Waals surface area (Å²) >= 11 is 0. The second-order valence-corrected chi connectivity index (χ2v) is 3.80. The van der Waals surface area contributed by atoms with E-state index in [0.717, 1.165) is 19.4 Å². The molecule has 1 atom stereocenters. The van der Waals surface area contributed by atoms with Gasteiger partial charge in [0, 0.05) is 0 Å². The Balaban J connectivity index is 2.23. The molecule has 0 fully saturated rings. The Kier molecular flexibility index (Phi) is 5.79. The van der Waals surface area contributed by atoms with Gasteiger partial charge >= 0.3 is 0 Å². The van der Waals surface area contributed by atoms with Crippen molar-refractivity contribution in [1.82, 2.24) is 0 Å². The third kappa shape index (κ3) is 4.80. The average molecular weight is 204 g/mol. The van der Waals surface area contributed by atoms with Gasteiger partial charge in [0.25, 0.3) is 0 Å². The van der Waals surface area contributed by atoms with E-state index in [1.54, 1.807) is 0 Å². The molecular weight excluding hydrogens is 184 g/mol. The summed E-state index contributed by atoms with van der Waals surface area (Å²) in [7, 11) is 0. The molecule has 0 aliphatic carbocycles. The predicted octanol–water partition coefficient (Wildman–Crippen LogP) is 3.81. The zero-order valence-corrected chi connectivity index (χ0v) is 9.49. The molecule has 0 aromatic heterocycles. The second kappa shape index (κ2) is 7.24. The van der Waals surface area contributed by atoms with E-state index >= 15 is 0 Å². The summed E-state index contributed by atoms with van der Waals surface area (Å²) in [6, 6.07) is 10.3. The molecule has 0 radical (unpaired) electrons. The van der Waals surface area contributed by atoms with Gasteiger partial charge in [-0.2, -0.15) is 0 Å². The Morgan fingerprint density at radius 1 is 1.33 bits per heavy atom. The fourth-order valence-corrected chi connectivity index (χ4v) is 1.51. The molecule has 1 rings (SSSR count). The van der Waals surface area contributed by atoms with Crippen LogP contribution in [0.15, 0.2) is 43.0 Å². The van der Waals surface area contributed by atoms with Crippen molar-refractivity contribution in [2.24, 2.45) is 5.92 Å². The fourth-order valence-electron chi connectivity index (χ4n) is 1.51. The van der Waals surface area contributed by atoms with E-state index in [0.29, 0.717) is 12.5 Å². The molecule has 0 heterocycles. The van der Waals surface area contributed by atoms with Crippen molar-refractivity contribution >= 4 is 0 Å².